The summed E-state index contributed by atoms with van der Waals surface area (Å²) in [6.07, 6.45) is 0. The molecule has 2 aromatic carbocycles. The quantitative estimate of drug-likeness (QED) is 0.572. The SMILES string of the molecule is CC[n+]1c(C)nc(Nc2ccccc2)c2c1NC1C(=O)c3ccccc3C(=O)C1=C2N. The standard InChI is InChI=1S/C24H21N5O2/c1-3-29-13(2)26-23(27-14-9-5-4-6-10-14)18-19(25)17-20(28-24(18)29)22(31)16-12-8-7-11-15(16)21(17)30/h4-12,20H,3H2,1-2H3,(H3,25,27,28,30)/p+1. The largest absolute Gasteiger partial charge is 0.397 e. The number of hydrogen-bond acceptors (Lipinski definition) is 6. The van der Waals surface area contributed by atoms with Crippen molar-refractivity contribution in [3.63, 3.8) is 0 Å². The maximum Gasteiger partial charge on any atom is 0.237 e. The number of para-hydroxylation sites is 1. The van der Waals surface area contributed by atoms with E-state index < -0.39 is 6.04 Å². The summed E-state index contributed by atoms with van der Waals surface area (Å²) in [5.74, 6) is 1.59. The number of fused-ring (bicyclic) bond motifs is 3. The van der Waals surface area contributed by atoms with E-state index in [2.05, 4.69) is 10.6 Å². The predicted octanol–water partition coefficient (Wildman–Crippen LogP) is 2.98. The Labute approximate surface area is 179 Å². The number of carbonyl (C=O) groups is 2. The summed E-state index contributed by atoms with van der Waals surface area (Å²) < 4.78 is 1.97. The molecule has 1 aliphatic heterocycles. The van der Waals surface area contributed by atoms with Crippen LogP contribution in [-0.2, 0) is 6.54 Å². The van der Waals surface area contributed by atoms with Crippen molar-refractivity contribution in [2.45, 2.75) is 26.4 Å². The topological polar surface area (TPSA) is 101 Å². The molecule has 1 unspecified atom stereocenters. The van der Waals surface area contributed by atoms with Crippen molar-refractivity contribution in [1.82, 2.24) is 4.98 Å². The van der Waals surface area contributed by atoms with Crippen LogP contribution in [0.5, 0.6) is 0 Å². The molecule has 31 heavy (non-hydrogen) atoms. The van der Waals surface area contributed by atoms with Gasteiger partial charge in [-0.25, -0.2) is 4.57 Å². The highest BCUT2D eigenvalue weighted by molar-refractivity contribution is 6.29. The van der Waals surface area contributed by atoms with E-state index in [4.69, 9.17) is 10.7 Å². The molecule has 0 fully saturated rings. The number of nitrogens with zero attached hydrogens (tertiary/aromatic N) is 2. The second kappa shape index (κ2) is 7.05. The van der Waals surface area contributed by atoms with Gasteiger partial charge in [0.1, 0.15) is 5.56 Å². The molecule has 1 aliphatic carbocycles. The third-order valence-electron chi connectivity index (χ3n) is 5.83. The van der Waals surface area contributed by atoms with Crippen LogP contribution >= 0.6 is 0 Å². The molecule has 7 nitrogen and oxygen atoms in total. The molecule has 0 saturated carbocycles. The van der Waals surface area contributed by atoms with Crippen LogP contribution in [0.15, 0.2) is 60.2 Å². The van der Waals surface area contributed by atoms with Crippen molar-refractivity contribution in [1.29, 1.82) is 0 Å². The van der Waals surface area contributed by atoms with Crippen LogP contribution in [0.3, 0.4) is 0 Å². The van der Waals surface area contributed by atoms with Gasteiger partial charge in [-0.2, -0.15) is 0 Å². The van der Waals surface area contributed by atoms with Gasteiger partial charge in [-0.05, 0) is 19.1 Å². The van der Waals surface area contributed by atoms with E-state index in [1.54, 1.807) is 24.3 Å². The zero-order valence-electron chi connectivity index (χ0n) is 17.3. The Bertz CT molecular complexity index is 1280. The number of anilines is 3. The van der Waals surface area contributed by atoms with E-state index in [1.807, 2.05) is 48.7 Å². The van der Waals surface area contributed by atoms with Crippen LogP contribution in [0.4, 0.5) is 17.3 Å². The predicted molar refractivity (Wildman–Crippen MR) is 118 cm³/mol. The molecule has 0 amide bonds. The lowest BCUT2D eigenvalue weighted by atomic mass is 9.79. The molecule has 0 bridgehead atoms. The van der Waals surface area contributed by atoms with Crippen molar-refractivity contribution >= 4 is 34.6 Å². The van der Waals surface area contributed by atoms with Gasteiger partial charge in [-0.15, -0.1) is 0 Å². The summed E-state index contributed by atoms with van der Waals surface area (Å²) in [6.45, 7) is 4.54. The zero-order valence-corrected chi connectivity index (χ0v) is 17.3. The Balaban J connectivity index is 1.75. The van der Waals surface area contributed by atoms with Crippen molar-refractivity contribution in [2.24, 2.45) is 5.73 Å². The van der Waals surface area contributed by atoms with Crippen LogP contribution in [0, 0.1) is 6.92 Å². The van der Waals surface area contributed by atoms with Crippen LogP contribution in [0.25, 0.3) is 5.70 Å². The molecule has 3 aromatic rings. The normalized spacial score (nSPS) is 16.9. The smallest absolute Gasteiger partial charge is 0.237 e. The summed E-state index contributed by atoms with van der Waals surface area (Å²) in [5.41, 5.74) is 9.42. The first-order valence-corrected chi connectivity index (χ1v) is 10.2. The molecule has 0 saturated heterocycles. The monoisotopic (exact) mass is 412 g/mol. The van der Waals surface area contributed by atoms with E-state index in [9.17, 15) is 9.59 Å². The Morgan fingerprint density at radius 1 is 1.06 bits per heavy atom. The maximum absolute atomic E-state index is 13.3. The number of rotatable bonds is 3. The van der Waals surface area contributed by atoms with Crippen molar-refractivity contribution in [3.8, 4) is 0 Å². The first kappa shape index (κ1) is 19.0. The number of carbonyl (C=O) groups excluding carboxylic acids is 2. The van der Waals surface area contributed by atoms with Crippen molar-refractivity contribution in [3.05, 3.63) is 82.7 Å². The number of nitrogens with two attached hydrogens (primary N) is 1. The summed E-state index contributed by atoms with van der Waals surface area (Å²) in [6, 6.07) is 15.7. The van der Waals surface area contributed by atoms with Crippen LogP contribution in [-0.4, -0.2) is 22.6 Å². The zero-order chi connectivity index (χ0) is 21.7. The third-order valence-corrected chi connectivity index (χ3v) is 5.83. The van der Waals surface area contributed by atoms with Gasteiger partial charge >= 0.3 is 0 Å². The number of nitrogens with one attached hydrogen (secondary N) is 2. The van der Waals surface area contributed by atoms with Gasteiger partial charge in [0.15, 0.2) is 11.8 Å². The number of aromatic nitrogens is 2. The summed E-state index contributed by atoms with van der Waals surface area (Å²) in [4.78, 5) is 31.3. The molecule has 7 heteroatoms. The van der Waals surface area contributed by atoms with E-state index in [0.717, 1.165) is 11.5 Å². The lowest BCUT2D eigenvalue weighted by Crippen LogP contribution is -2.50. The average Bonchev–Trinajstić information content (AvgIpc) is 2.78. The van der Waals surface area contributed by atoms with E-state index in [1.165, 1.54) is 0 Å². The van der Waals surface area contributed by atoms with Crippen LogP contribution in [0.1, 0.15) is 39.0 Å². The number of benzene rings is 2. The number of Topliss-reactive ketones (excluding diaryl/α,β-unsaturated/α-hetero) is 2. The van der Waals surface area contributed by atoms with Gasteiger partial charge in [0, 0.05) is 23.7 Å². The van der Waals surface area contributed by atoms with Crippen LogP contribution in [0.2, 0.25) is 0 Å². The molecule has 2 heterocycles. The molecule has 5 rings (SSSR count). The Hall–Kier alpha value is -4.00. The van der Waals surface area contributed by atoms with Crippen molar-refractivity contribution in [2.75, 3.05) is 10.6 Å². The Morgan fingerprint density at radius 3 is 2.45 bits per heavy atom. The number of aryl methyl sites for hydroxylation is 1. The van der Waals surface area contributed by atoms with Gasteiger partial charge in [-0.3, -0.25) is 14.9 Å². The highest BCUT2D eigenvalue weighted by atomic mass is 16.1. The summed E-state index contributed by atoms with van der Waals surface area (Å²) in [7, 11) is 0. The Morgan fingerprint density at radius 2 is 1.74 bits per heavy atom. The molecule has 2 aliphatic rings. The van der Waals surface area contributed by atoms with Crippen LogP contribution < -0.4 is 20.9 Å². The minimum absolute atomic E-state index is 0.159. The third kappa shape index (κ3) is 2.81. The second-order valence-corrected chi connectivity index (χ2v) is 7.61. The summed E-state index contributed by atoms with van der Waals surface area (Å²) >= 11 is 0. The molecule has 0 spiro atoms. The average molecular weight is 412 g/mol. The first-order chi connectivity index (χ1) is 15.0. The molecule has 1 atom stereocenters. The number of ketones is 2. The highest BCUT2D eigenvalue weighted by Crippen LogP contribution is 2.39. The molecule has 1 aromatic heterocycles. The minimum atomic E-state index is -0.820. The first-order valence-electron chi connectivity index (χ1n) is 10.2. The second-order valence-electron chi connectivity index (χ2n) is 7.61. The fourth-order valence-electron chi connectivity index (χ4n) is 4.37. The molecular formula is C24H22N5O2+. The van der Waals surface area contributed by atoms with Gasteiger partial charge in [-0.1, -0.05) is 47.4 Å². The van der Waals surface area contributed by atoms with Gasteiger partial charge < -0.3 is 11.1 Å². The molecule has 154 valence electrons. The fraction of sp³-hybridized carbons (Fsp3) is 0.167. The highest BCUT2D eigenvalue weighted by Gasteiger charge is 2.46. The lowest BCUT2D eigenvalue weighted by Gasteiger charge is -2.31. The lowest BCUT2D eigenvalue weighted by molar-refractivity contribution is -0.688. The number of hydrogen-bond donors (Lipinski definition) is 3. The molecule has 0 radical (unpaired) electrons. The van der Waals surface area contributed by atoms with Gasteiger partial charge in [0.05, 0.1) is 17.8 Å². The maximum atomic E-state index is 13.3. The van der Waals surface area contributed by atoms with Gasteiger partial charge in [0.25, 0.3) is 0 Å². The fourth-order valence-corrected chi connectivity index (χ4v) is 4.37. The van der Waals surface area contributed by atoms with E-state index in [0.29, 0.717) is 34.9 Å². The summed E-state index contributed by atoms with van der Waals surface area (Å²) in [5, 5.41) is 6.63. The van der Waals surface area contributed by atoms with E-state index >= 15 is 0 Å². The minimum Gasteiger partial charge on any atom is -0.397 e. The molecular weight excluding hydrogens is 390 g/mol. The Kier molecular flexibility index (Phi) is 4.32. The van der Waals surface area contributed by atoms with Gasteiger partial charge in [0.2, 0.25) is 23.2 Å². The molecule has 4 N–H and O–H groups in total. The van der Waals surface area contributed by atoms with Crippen molar-refractivity contribution < 1.29 is 14.2 Å². The van der Waals surface area contributed by atoms with E-state index in [-0.39, 0.29) is 22.8 Å².